The molecule has 0 bridgehead atoms. The van der Waals surface area contributed by atoms with E-state index in [0.717, 1.165) is 23.0 Å². The molecule has 0 spiro atoms. The van der Waals surface area contributed by atoms with Gasteiger partial charge < -0.3 is 5.11 Å². The van der Waals surface area contributed by atoms with Crippen molar-refractivity contribution in [3.63, 3.8) is 0 Å². The Morgan fingerprint density at radius 3 is 2.75 bits per heavy atom. The first-order valence-electron chi connectivity index (χ1n) is 5.41. The van der Waals surface area contributed by atoms with Crippen molar-refractivity contribution < 1.29 is 9.90 Å². The van der Waals surface area contributed by atoms with E-state index < -0.39 is 11.4 Å². The molecule has 1 aromatic heterocycles. The second kappa shape index (κ2) is 3.07. The molecule has 1 aromatic carbocycles. The molecule has 1 heterocycles. The summed E-state index contributed by atoms with van der Waals surface area (Å²) in [6, 6.07) is 7.64. The highest BCUT2D eigenvalue weighted by molar-refractivity contribution is 5.91. The average Bonchev–Trinajstić information content (AvgIpc) is 2.61. The highest BCUT2D eigenvalue weighted by Gasteiger charge is 2.48. The number of benzene rings is 1. The standard InChI is InChI=1S/C12H12N2O2/c15-11(16)12(6-3-7-12)10-8-4-1-2-5-9(8)13-14-10/h1-2,4-5H,3,6-7H2,(H,13,14)(H,15,16). The molecule has 0 atom stereocenters. The summed E-state index contributed by atoms with van der Waals surface area (Å²) >= 11 is 0. The Bertz CT molecular complexity index is 555. The molecule has 1 aliphatic carbocycles. The summed E-state index contributed by atoms with van der Waals surface area (Å²) in [7, 11) is 0. The average molecular weight is 216 g/mol. The number of aliphatic carboxylic acids is 1. The summed E-state index contributed by atoms with van der Waals surface area (Å²) in [5.41, 5.74) is 0.878. The van der Waals surface area contributed by atoms with E-state index in [9.17, 15) is 9.90 Å². The van der Waals surface area contributed by atoms with Gasteiger partial charge >= 0.3 is 5.97 Å². The van der Waals surface area contributed by atoms with Crippen LogP contribution in [0, 0.1) is 0 Å². The summed E-state index contributed by atoms with van der Waals surface area (Å²) < 4.78 is 0. The third kappa shape index (κ3) is 1.04. The van der Waals surface area contributed by atoms with E-state index in [1.54, 1.807) is 0 Å². The number of nitrogens with one attached hydrogen (secondary N) is 1. The van der Waals surface area contributed by atoms with Crippen molar-refractivity contribution in [3.8, 4) is 0 Å². The second-order valence-corrected chi connectivity index (χ2v) is 4.36. The number of H-pyrrole nitrogens is 1. The highest BCUT2D eigenvalue weighted by atomic mass is 16.4. The molecule has 16 heavy (non-hydrogen) atoms. The normalized spacial score (nSPS) is 18.2. The molecule has 0 unspecified atom stereocenters. The molecular weight excluding hydrogens is 204 g/mol. The van der Waals surface area contributed by atoms with E-state index in [0.29, 0.717) is 12.8 Å². The Balaban J connectivity index is 2.22. The zero-order chi connectivity index (χ0) is 11.2. The van der Waals surface area contributed by atoms with Crippen LogP contribution >= 0.6 is 0 Å². The number of aromatic nitrogens is 2. The molecule has 0 saturated heterocycles. The number of para-hydroxylation sites is 1. The van der Waals surface area contributed by atoms with Gasteiger partial charge in [-0.2, -0.15) is 5.10 Å². The summed E-state index contributed by atoms with van der Waals surface area (Å²) in [6.07, 6.45) is 2.38. The lowest BCUT2D eigenvalue weighted by Crippen LogP contribution is -2.42. The molecule has 82 valence electrons. The smallest absolute Gasteiger partial charge is 0.315 e. The molecule has 0 amide bonds. The SMILES string of the molecule is O=C(O)C1(c2[nH]nc3ccccc23)CCC1. The first-order valence-corrected chi connectivity index (χ1v) is 5.41. The van der Waals surface area contributed by atoms with Crippen molar-refractivity contribution in [3.05, 3.63) is 30.0 Å². The number of hydrogen-bond donors (Lipinski definition) is 2. The van der Waals surface area contributed by atoms with Gasteiger partial charge in [-0.1, -0.05) is 24.6 Å². The van der Waals surface area contributed by atoms with Gasteiger partial charge in [0.15, 0.2) is 0 Å². The van der Waals surface area contributed by atoms with Gasteiger partial charge in [-0.15, -0.1) is 0 Å². The molecule has 1 fully saturated rings. The minimum absolute atomic E-state index is 0.703. The van der Waals surface area contributed by atoms with E-state index in [-0.39, 0.29) is 0 Å². The van der Waals surface area contributed by atoms with Crippen LogP contribution in [0.25, 0.3) is 10.9 Å². The molecule has 2 N–H and O–H groups in total. The van der Waals surface area contributed by atoms with E-state index >= 15 is 0 Å². The molecule has 0 radical (unpaired) electrons. The quantitative estimate of drug-likeness (QED) is 0.807. The Labute approximate surface area is 92.3 Å². The van der Waals surface area contributed by atoms with Crippen LogP contribution in [0.15, 0.2) is 24.3 Å². The van der Waals surface area contributed by atoms with Crippen LogP contribution in [0.5, 0.6) is 0 Å². The molecule has 4 nitrogen and oxygen atoms in total. The molecular formula is C12H12N2O2. The summed E-state index contributed by atoms with van der Waals surface area (Å²) in [4.78, 5) is 11.4. The fourth-order valence-corrected chi connectivity index (χ4v) is 2.42. The maximum Gasteiger partial charge on any atom is 0.315 e. The van der Waals surface area contributed by atoms with Crippen molar-refractivity contribution in [2.75, 3.05) is 0 Å². The number of hydrogen-bond acceptors (Lipinski definition) is 2. The van der Waals surface area contributed by atoms with Gasteiger partial charge in [0.2, 0.25) is 0 Å². The predicted octanol–water partition coefficient (Wildman–Crippen LogP) is 2.07. The Hall–Kier alpha value is -1.84. The Morgan fingerprint density at radius 1 is 1.38 bits per heavy atom. The number of fused-ring (bicyclic) bond motifs is 1. The molecule has 1 saturated carbocycles. The highest BCUT2D eigenvalue weighted by Crippen LogP contribution is 2.45. The molecule has 2 aromatic rings. The van der Waals surface area contributed by atoms with Gasteiger partial charge in [-0.3, -0.25) is 9.89 Å². The summed E-state index contributed by atoms with van der Waals surface area (Å²) in [5, 5.41) is 17.4. The van der Waals surface area contributed by atoms with Gasteiger partial charge in [0.05, 0.1) is 11.2 Å². The van der Waals surface area contributed by atoms with Crippen molar-refractivity contribution in [2.24, 2.45) is 0 Å². The largest absolute Gasteiger partial charge is 0.481 e. The van der Waals surface area contributed by atoms with Crippen LogP contribution in [0.3, 0.4) is 0 Å². The lowest BCUT2D eigenvalue weighted by Gasteiger charge is -2.36. The third-order valence-electron chi connectivity index (χ3n) is 3.56. The second-order valence-electron chi connectivity index (χ2n) is 4.36. The van der Waals surface area contributed by atoms with Gasteiger partial charge in [0.1, 0.15) is 5.41 Å². The lowest BCUT2D eigenvalue weighted by molar-refractivity contribution is -0.147. The van der Waals surface area contributed by atoms with Crippen LogP contribution < -0.4 is 0 Å². The topological polar surface area (TPSA) is 66.0 Å². The summed E-state index contributed by atoms with van der Waals surface area (Å²) in [5.74, 6) is -0.742. The third-order valence-corrected chi connectivity index (χ3v) is 3.56. The number of carboxylic acids is 1. The fraction of sp³-hybridized carbons (Fsp3) is 0.333. The predicted molar refractivity (Wildman–Crippen MR) is 59.3 cm³/mol. The number of carboxylic acid groups (broad SMARTS) is 1. The zero-order valence-electron chi connectivity index (χ0n) is 8.73. The van der Waals surface area contributed by atoms with Gasteiger partial charge in [0, 0.05) is 5.39 Å². The Kier molecular flexibility index (Phi) is 1.80. The van der Waals surface area contributed by atoms with Crippen molar-refractivity contribution in [2.45, 2.75) is 24.7 Å². The van der Waals surface area contributed by atoms with Crippen LogP contribution in [0.1, 0.15) is 25.0 Å². The minimum Gasteiger partial charge on any atom is -0.481 e. The maximum absolute atomic E-state index is 11.4. The van der Waals surface area contributed by atoms with Gasteiger partial charge in [-0.25, -0.2) is 0 Å². The lowest BCUT2D eigenvalue weighted by atomic mass is 9.66. The minimum atomic E-state index is -0.742. The monoisotopic (exact) mass is 216 g/mol. The van der Waals surface area contributed by atoms with Crippen LogP contribution in [-0.4, -0.2) is 21.3 Å². The Morgan fingerprint density at radius 2 is 2.12 bits per heavy atom. The number of aromatic amines is 1. The van der Waals surface area contributed by atoms with Crippen LogP contribution in [0.2, 0.25) is 0 Å². The van der Waals surface area contributed by atoms with Gasteiger partial charge in [0.25, 0.3) is 0 Å². The van der Waals surface area contributed by atoms with E-state index in [1.165, 1.54) is 0 Å². The zero-order valence-corrected chi connectivity index (χ0v) is 8.73. The van der Waals surface area contributed by atoms with Crippen molar-refractivity contribution in [1.29, 1.82) is 0 Å². The van der Waals surface area contributed by atoms with E-state index in [2.05, 4.69) is 10.2 Å². The number of rotatable bonds is 2. The number of carbonyl (C=O) groups is 1. The van der Waals surface area contributed by atoms with E-state index in [4.69, 9.17) is 0 Å². The first-order chi connectivity index (χ1) is 7.74. The maximum atomic E-state index is 11.4. The molecule has 1 aliphatic rings. The first kappa shape index (κ1) is 9.39. The van der Waals surface area contributed by atoms with E-state index in [1.807, 2.05) is 24.3 Å². The number of nitrogens with zero attached hydrogens (tertiary/aromatic N) is 1. The molecule has 4 heteroatoms. The van der Waals surface area contributed by atoms with Crippen LogP contribution in [0.4, 0.5) is 0 Å². The summed E-state index contributed by atoms with van der Waals surface area (Å²) in [6.45, 7) is 0. The van der Waals surface area contributed by atoms with Gasteiger partial charge in [-0.05, 0) is 18.9 Å². The molecule has 0 aliphatic heterocycles. The fourth-order valence-electron chi connectivity index (χ4n) is 2.42. The van der Waals surface area contributed by atoms with Crippen molar-refractivity contribution >= 4 is 16.9 Å². The van der Waals surface area contributed by atoms with Crippen LogP contribution in [-0.2, 0) is 10.2 Å². The molecule has 3 rings (SSSR count). The van der Waals surface area contributed by atoms with Crippen molar-refractivity contribution in [1.82, 2.24) is 10.2 Å².